The lowest BCUT2D eigenvalue weighted by atomic mass is 9.94. The molecule has 1 amide bonds. The molecule has 0 N–H and O–H groups in total. The van der Waals surface area contributed by atoms with Crippen LogP contribution in [0.3, 0.4) is 0 Å². The summed E-state index contributed by atoms with van der Waals surface area (Å²) in [7, 11) is 0. The zero-order valence-corrected chi connectivity index (χ0v) is 15.8. The number of morpholine rings is 1. The number of carbonyl (C=O) groups excluding carboxylic acids is 1. The molecule has 0 saturated carbocycles. The van der Waals surface area contributed by atoms with Gasteiger partial charge in [0.2, 0.25) is 11.9 Å². The molecule has 3 rings (SSSR count). The molecular formula is C18H29N5O2. The van der Waals surface area contributed by atoms with Crippen LogP contribution in [0.5, 0.6) is 0 Å². The van der Waals surface area contributed by atoms with Crippen LogP contribution in [0.25, 0.3) is 0 Å². The Labute approximate surface area is 150 Å². The summed E-state index contributed by atoms with van der Waals surface area (Å²) in [5, 5.41) is 0. The Morgan fingerprint density at radius 1 is 1.00 bits per heavy atom. The van der Waals surface area contributed by atoms with Crippen molar-refractivity contribution in [1.82, 2.24) is 14.9 Å². The fourth-order valence-electron chi connectivity index (χ4n) is 3.22. The molecule has 7 nitrogen and oxygen atoms in total. The summed E-state index contributed by atoms with van der Waals surface area (Å²) < 4.78 is 5.43. The fraction of sp³-hybridized carbons (Fsp3) is 0.722. The highest BCUT2D eigenvalue weighted by Gasteiger charge is 2.30. The number of hydrogen-bond donors (Lipinski definition) is 0. The van der Waals surface area contributed by atoms with E-state index in [4.69, 9.17) is 9.72 Å². The number of anilines is 2. The maximum Gasteiger partial charge on any atom is 0.228 e. The van der Waals surface area contributed by atoms with Gasteiger partial charge in [-0.05, 0) is 6.92 Å². The van der Waals surface area contributed by atoms with Crippen LogP contribution in [-0.4, -0.2) is 73.3 Å². The van der Waals surface area contributed by atoms with E-state index in [1.165, 1.54) is 0 Å². The first-order chi connectivity index (χ1) is 11.8. The number of aryl methyl sites for hydroxylation is 1. The van der Waals surface area contributed by atoms with Gasteiger partial charge in [-0.15, -0.1) is 0 Å². The van der Waals surface area contributed by atoms with E-state index >= 15 is 0 Å². The first-order valence-electron chi connectivity index (χ1n) is 9.07. The van der Waals surface area contributed by atoms with Crippen molar-refractivity contribution in [1.29, 1.82) is 0 Å². The summed E-state index contributed by atoms with van der Waals surface area (Å²) >= 11 is 0. The number of aromatic nitrogens is 2. The fourth-order valence-corrected chi connectivity index (χ4v) is 3.22. The molecule has 0 aromatic carbocycles. The van der Waals surface area contributed by atoms with Crippen LogP contribution in [0.15, 0.2) is 6.07 Å². The van der Waals surface area contributed by atoms with Crippen LogP contribution in [0.1, 0.15) is 26.5 Å². The zero-order chi connectivity index (χ0) is 18.0. The number of ether oxygens (including phenoxy) is 1. The van der Waals surface area contributed by atoms with Crippen LogP contribution < -0.4 is 9.80 Å². The van der Waals surface area contributed by atoms with Gasteiger partial charge >= 0.3 is 0 Å². The van der Waals surface area contributed by atoms with Crippen molar-refractivity contribution in [2.75, 3.05) is 62.3 Å². The van der Waals surface area contributed by atoms with Gasteiger partial charge in [-0.1, -0.05) is 20.8 Å². The van der Waals surface area contributed by atoms with Gasteiger partial charge in [0.25, 0.3) is 0 Å². The number of piperazine rings is 1. The summed E-state index contributed by atoms with van der Waals surface area (Å²) in [6.45, 7) is 14.1. The molecule has 0 aliphatic carbocycles. The quantitative estimate of drug-likeness (QED) is 0.804. The molecule has 2 saturated heterocycles. The van der Waals surface area contributed by atoms with E-state index in [0.29, 0.717) is 0 Å². The van der Waals surface area contributed by atoms with Crippen LogP contribution >= 0.6 is 0 Å². The van der Waals surface area contributed by atoms with Gasteiger partial charge in [-0.2, -0.15) is 4.98 Å². The Balaban J connectivity index is 1.69. The predicted octanol–water partition coefficient (Wildman–Crippen LogP) is 1.32. The minimum atomic E-state index is -0.328. The van der Waals surface area contributed by atoms with Gasteiger partial charge in [0.15, 0.2) is 0 Å². The predicted molar refractivity (Wildman–Crippen MR) is 98.0 cm³/mol. The molecule has 25 heavy (non-hydrogen) atoms. The normalized spacial score (nSPS) is 19.3. The third-order valence-electron chi connectivity index (χ3n) is 4.66. The molecule has 1 aromatic heterocycles. The van der Waals surface area contributed by atoms with E-state index in [1.807, 2.05) is 38.7 Å². The lowest BCUT2D eigenvalue weighted by Crippen LogP contribution is -2.52. The zero-order valence-electron chi connectivity index (χ0n) is 15.8. The van der Waals surface area contributed by atoms with E-state index in [-0.39, 0.29) is 11.3 Å². The molecule has 7 heteroatoms. The average molecular weight is 347 g/mol. The molecule has 0 radical (unpaired) electrons. The Kier molecular flexibility index (Phi) is 5.13. The number of nitrogens with zero attached hydrogens (tertiary/aromatic N) is 5. The Morgan fingerprint density at radius 2 is 1.64 bits per heavy atom. The molecule has 0 atom stereocenters. The largest absolute Gasteiger partial charge is 0.378 e. The second-order valence-electron chi connectivity index (χ2n) is 7.80. The lowest BCUT2D eigenvalue weighted by Gasteiger charge is -2.38. The average Bonchev–Trinajstić information content (AvgIpc) is 2.61. The standard InChI is InChI=1S/C18H29N5O2/c1-14-13-15(21-9-11-25-12-10-21)20-17(19-14)23-7-5-22(6-8-23)16(24)18(2,3)4/h13H,5-12H2,1-4H3. The van der Waals surface area contributed by atoms with E-state index in [9.17, 15) is 4.79 Å². The van der Waals surface area contributed by atoms with Crippen molar-refractivity contribution in [3.05, 3.63) is 11.8 Å². The smallest absolute Gasteiger partial charge is 0.228 e. The molecule has 2 fully saturated rings. The number of carbonyl (C=O) groups is 1. The highest BCUT2D eigenvalue weighted by molar-refractivity contribution is 5.81. The van der Waals surface area contributed by atoms with Crippen molar-refractivity contribution in [3.63, 3.8) is 0 Å². The van der Waals surface area contributed by atoms with Crippen LogP contribution in [-0.2, 0) is 9.53 Å². The third-order valence-corrected chi connectivity index (χ3v) is 4.66. The Bertz CT molecular complexity index is 614. The molecule has 2 aliphatic rings. The topological polar surface area (TPSA) is 61.8 Å². The summed E-state index contributed by atoms with van der Waals surface area (Å²) in [6, 6.07) is 2.04. The number of rotatable bonds is 2. The second kappa shape index (κ2) is 7.15. The number of hydrogen-bond acceptors (Lipinski definition) is 6. The SMILES string of the molecule is Cc1cc(N2CCOCC2)nc(N2CCN(C(=O)C(C)(C)C)CC2)n1. The van der Waals surface area contributed by atoms with E-state index in [2.05, 4.69) is 14.8 Å². The molecule has 0 bridgehead atoms. The molecule has 138 valence electrons. The highest BCUT2D eigenvalue weighted by Crippen LogP contribution is 2.22. The van der Waals surface area contributed by atoms with Crippen molar-refractivity contribution >= 4 is 17.7 Å². The van der Waals surface area contributed by atoms with E-state index in [0.717, 1.165) is 69.9 Å². The first-order valence-corrected chi connectivity index (χ1v) is 9.07. The van der Waals surface area contributed by atoms with Crippen LogP contribution in [0.4, 0.5) is 11.8 Å². The van der Waals surface area contributed by atoms with Crippen molar-refractivity contribution in [2.45, 2.75) is 27.7 Å². The lowest BCUT2D eigenvalue weighted by molar-refractivity contribution is -0.139. The molecule has 1 aromatic rings. The summed E-state index contributed by atoms with van der Waals surface area (Å²) in [5.74, 6) is 1.95. The van der Waals surface area contributed by atoms with Gasteiger partial charge < -0.3 is 19.4 Å². The molecule has 0 unspecified atom stereocenters. The maximum absolute atomic E-state index is 12.4. The summed E-state index contributed by atoms with van der Waals surface area (Å²) in [6.07, 6.45) is 0. The molecule has 2 aliphatic heterocycles. The Morgan fingerprint density at radius 3 is 2.24 bits per heavy atom. The highest BCUT2D eigenvalue weighted by atomic mass is 16.5. The van der Waals surface area contributed by atoms with Crippen molar-refractivity contribution in [3.8, 4) is 0 Å². The summed E-state index contributed by atoms with van der Waals surface area (Å²) in [4.78, 5) is 28.2. The monoisotopic (exact) mass is 347 g/mol. The molecular weight excluding hydrogens is 318 g/mol. The summed E-state index contributed by atoms with van der Waals surface area (Å²) in [5.41, 5.74) is 0.644. The van der Waals surface area contributed by atoms with Gasteiger partial charge in [-0.3, -0.25) is 4.79 Å². The van der Waals surface area contributed by atoms with Crippen LogP contribution in [0, 0.1) is 12.3 Å². The van der Waals surface area contributed by atoms with E-state index < -0.39 is 0 Å². The van der Waals surface area contributed by atoms with Gasteiger partial charge in [0, 0.05) is 56.4 Å². The molecule has 0 spiro atoms. The van der Waals surface area contributed by atoms with Gasteiger partial charge in [0.05, 0.1) is 13.2 Å². The second-order valence-corrected chi connectivity index (χ2v) is 7.80. The maximum atomic E-state index is 12.4. The third kappa shape index (κ3) is 4.21. The first kappa shape index (κ1) is 17.9. The number of amides is 1. The van der Waals surface area contributed by atoms with Gasteiger partial charge in [-0.25, -0.2) is 4.98 Å². The molecule has 3 heterocycles. The van der Waals surface area contributed by atoms with Crippen molar-refractivity contribution in [2.24, 2.45) is 5.41 Å². The van der Waals surface area contributed by atoms with Gasteiger partial charge in [0.1, 0.15) is 5.82 Å². The van der Waals surface area contributed by atoms with Crippen molar-refractivity contribution < 1.29 is 9.53 Å². The Hall–Kier alpha value is -1.89. The van der Waals surface area contributed by atoms with E-state index in [1.54, 1.807) is 0 Å². The minimum absolute atomic E-state index is 0.214. The minimum Gasteiger partial charge on any atom is -0.378 e. The van der Waals surface area contributed by atoms with Crippen LogP contribution in [0.2, 0.25) is 0 Å².